The Balaban J connectivity index is 3.76. The lowest BCUT2D eigenvalue weighted by atomic mass is 10.3. The van der Waals surface area contributed by atoms with E-state index in [9.17, 15) is 9.59 Å². The maximum Gasteiger partial charge on any atom is 0.334 e. The summed E-state index contributed by atoms with van der Waals surface area (Å²) in [6.07, 6.45) is -2.16. The fourth-order valence-corrected chi connectivity index (χ4v) is 0.584. The van der Waals surface area contributed by atoms with Crippen LogP contribution >= 0.6 is 0 Å². The molecule has 2 unspecified atom stereocenters. The molecule has 0 radical (unpaired) electrons. The van der Waals surface area contributed by atoms with Crippen molar-refractivity contribution >= 4 is 11.9 Å². The van der Waals surface area contributed by atoms with Gasteiger partial charge in [-0.2, -0.15) is 0 Å². The van der Waals surface area contributed by atoms with Crippen LogP contribution in [-0.2, 0) is 14.3 Å². The molecule has 70 valence electrons. The zero-order valence-electron chi connectivity index (χ0n) is 6.98. The van der Waals surface area contributed by atoms with Crippen molar-refractivity contribution in [3.05, 3.63) is 0 Å². The molecule has 5 heteroatoms. The van der Waals surface area contributed by atoms with Gasteiger partial charge in [0.25, 0.3) is 0 Å². The molecule has 12 heavy (non-hydrogen) atoms. The number of carbonyl (C=O) groups is 2. The summed E-state index contributed by atoms with van der Waals surface area (Å²) in [6, 6.07) is 0. The van der Waals surface area contributed by atoms with E-state index in [0.29, 0.717) is 0 Å². The molecule has 0 aliphatic rings. The third kappa shape index (κ3) is 4.68. The largest absolute Gasteiger partial charge is 0.481 e. The molecule has 5 nitrogen and oxygen atoms in total. The van der Waals surface area contributed by atoms with Gasteiger partial charge < -0.3 is 14.9 Å². The number of aliphatic carboxylic acids is 1. The Bertz CT molecular complexity index is 175. The van der Waals surface area contributed by atoms with Crippen LogP contribution in [0, 0.1) is 0 Å². The first-order valence-corrected chi connectivity index (χ1v) is 3.54. The molecule has 0 bridgehead atoms. The first kappa shape index (κ1) is 10.9. The second-order valence-electron chi connectivity index (χ2n) is 2.52. The minimum atomic E-state index is -1.21. The topological polar surface area (TPSA) is 83.8 Å². The second kappa shape index (κ2) is 4.71. The molecule has 0 aromatic rings. The lowest BCUT2D eigenvalue weighted by Crippen LogP contribution is -2.25. The van der Waals surface area contributed by atoms with Crippen molar-refractivity contribution in [3.63, 3.8) is 0 Å². The molecule has 0 aliphatic heterocycles. The molecule has 0 aliphatic carbocycles. The SMILES string of the molecule is CC(CC(=O)O)OC(=O)C(C)O. The molecular weight excluding hydrogens is 164 g/mol. The predicted molar refractivity (Wildman–Crippen MR) is 39.5 cm³/mol. The first-order valence-electron chi connectivity index (χ1n) is 3.54. The Morgan fingerprint density at radius 3 is 2.25 bits per heavy atom. The number of carbonyl (C=O) groups excluding carboxylic acids is 1. The van der Waals surface area contributed by atoms with E-state index in [1.54, 1.807) is 0 Å². The predicted octanol–water partition coefficient (Wildman–Crippen LogP) is -0.226. The zero-order chi connectivity index (χ0) is 9.72. The van der Waals surface area contributed by atoms with Crippen molar-refractivity contribution in [2.24, 2.45) is 0 Å². The van der Waals surface area contributed by atoms with E-state index >= 15 is 0 Å². The van der Waals surface area contributed by atoms with Gasteiger partial charge in [-0.25, -0.2) is 4.79 Å². The third-order valence-corrected chi connectivity index (χ3v) is 1.12. The highest BCUT2D eigenvalue weighted by atomic mass is 16.6. The molecule has 0 aromatic carbocycles. The summed E-state index contributed by atoms with van der Waals surface area (Å²) in [4.78, 5) is 20.8. The Kier molecular flexibility index (Phi) is 4.28. The summed E-state index contributed by atoms with van der Waals surface area (Å²) in [6.45, 7) is 2.71. The van der Waals surface area contributed by atoms with Gasteiger partial charge in [-0.15, -0.1) is 0 Å². The number of esters is 1. The van der Waals surface area contributed by atoms with Crippen molar-refractivity contribution < 1.29 is 24.5 Å². The van der Waals surface area contributed by atoms with Crippen LogP contribution in [0.2, 0.25) is 0 Å². The highest BCUT2D eigenvalue weighted by Gasteiger charge is 2.16. The van der Waals surface area contributed by atoms with Crippen LogP contribution in [0.25, 0.3) is 0 Å². The quantitative estimate of drug-likeness (QED) is 0.578. The van der Waals surface area contributed by atoms with Gasteiger partial charge in [0.05, 0.1) is 6.42 Å². The zero-order valence-corrected chi connectivity index (χ0v) is 6.98. The van der Waals surface area contributed by atoms with Gasteiger partial charge in [0.1, 0.15) is 12.2 Å². The van der Waals surface area contributed by atoms with Crippen molar-refractivity contribution in [1.29, 1.82) is 0 Å². The highest BCUT2D eigenvalue weighted by Crippen LogP contribution is 1.99. The molecule has 0 rings (SSSR count). The number of carboxylic acid groups (broad SMARTS) is 1. The minimum absolute atomic E-state index is 0.252. The molecule has 0 heterocycles. The van der Waals surface area contributed by atoms with Crippen LogP contribution in [0.15, 0.2) is 0 Å². The standard InChI is InChI=1S/C7H12O5/c1-4(3-6(9)10)12-7(11)5(2)8/h4-5,8H,3H2,1-2H3,(H,9,10). The van der Waals surface area contributed by atoms with Crippen molar-refractivity contribution in [2.75, 3.05) is 0 Å². The summed E-state index contributed by atoms with van der Waals surface area (Å²) in [5.41, 5.74) is 0. The summed E-state index contributed by atoms with van der Waals surface area (Å²) >= 11 is 0. The molecule has 0 amide bonds. The van der Waals surface area contributed by atoms with Crippen LogP contribution in [-0.4, -0.2) is 34.4 Å². The summed E-state index contributed by atoms with van der Waals surface area (Å²) in [7, 11) is 0. The van der Waals surface area contributed by atoms with E-state index in [2.05, 4.69) is 4.74 Å². The summed E-state index contributed by atoms with van der Waals surface area (Å²) < 4.78 is 4.55. The normalized spacial score (nSPS) is 14.9. The summed E-state index contributed by atoms with van der Waals surface area (Å²) in [5, 5.41) is 17.0. The highest BCUT2D eigenvalue weighted by molar-refractivity contribution is 5.74. The molecule has 2 atom stereocenters. The van der Waals surface area contributed by atoms with Crippen LogP contribution in [0.5, 0.6) is 0 Å². The molecule has 0 aromatic heterocycles. The third-order valence-electron chi connectivity index (χ3n) is 1.12. The lowest BCUT2D eigenvalue weighted by molar-refractivity contribution is -0.159. The number of hydrogen-bond acceptors (Lipinski definition) is 4. The van der Waals surface area contributed by atoms with Gasteiger partial charge in [-0.3, -0.25) is 4.79 Å². The van der Waals surface area contributed by atoms with Crippen LogP contribution in [0.1, 0.15) is 20.3 Å². The number of carboxylic acids is 1. The lowest BCUT2D eigenvalue weighted by Gasteiger charge is -2.11. The van der Waals surface area contributed by atoms with E-state index in [1.807, 2.05) is 0 Å². The first-order chi connectivity index (χ1) is 5.43. The van der Waals surface area contributed by atoms with Gasteiger partial charge >= 0.3 is 11.9 Å². The fraction of sp³-hybridized carbons (Fsp3) is 0.714. The maximum atomic E-state index is 10.7. The van der Waals surface area contributed by atoms with E-state index < -0.39 is 24.1 Å². The molecule has 0 fully saturated rings. The van der Waals surface area contributed by atoms with Gasteiger partial charge in [-0.05, 0) is 13.8 Å². The van der Waals surface area contributed by atoms with Gasteiger partial charge in [-0.1, -0.05) is 0 Å². The van der Waals surface area contributed by atoms with E-state index in [-0.39, 0.29) is 6.42 Å². The van der Waals surface area contributed by atoms with Gasteiger partial charge in [0, 0.05) is 0 Å². The Labute approximate surface area is 70.0 Å². The van der Waals surface area contributed by atoms with E-state index in [1.165, 1.54) is 13.8 Å². The second-order valence-corrected chi connectivity index (χ2v) is 2.52. The van der Waals surface area contributed by atoms with Crippen LogP contribution in [0.4, 0.5) is 0 Å². The molecule has 0 saturated carbocycles. The minimum Gasteiger partial charge on any atom is -0.481 e. The molecule has 2 N–H and O–H groups in total. The van der Waals surface area contributed by atoms with Gasteiger partial charge in [0.2, 0.25) is 0 Å². The number of hydrogen-bond donors (Lipinski definition) is 2. The number of rotatable bonds is 4. The Morgan fingerprint density at radius 1 is 1.42 bits per heavy atom. The van der Waals surface area contributed by atoms with E-state index in [4.69, 9.17) is 10.2 Å². The van der Waals surface area contributed by atoms with Crippen LogP contribution < -0.4 is 0 Å². The Hall–Kier alpha value is -1.10. The molecule has 0 spiro atoms. The smallest absolute Gasteiger partial charge is 0.334 e. The summed E-state index contributed by atoms with van der Waals surface area (Å²) in [5.74, 6) is -1.84. The maximum absolute atomic E-state index is 10.7. The van der Waals surface area contributed by atoms with Crippen molar-refractivity contribution in [3.8, 4) is 0 Å². The molecular formula is C7H12O5. The number of ether oxygens (including phenoxy) is 1. The van der Waals surface area contributed by atoms with Crippen molar-refractivity contribution in [1.82, 2.24) is 0 Å². The number of aliphatic hydroxyl groups excluding tert-OH is 1. The monoisotopic (exact) mass is 176 g/mol. The molecule has 0 saturated heterocycles. The average molecular weight is 176 g/mol. The fourth-order valence-electron chi connectivity index (χ4n) is 0.584. The average Bonchev–Trinajstić information content (AvgIpc) is 1.84. The van der Waals surface area contributed by atoms with Crippen LogP contribution in [0.3, 0.4) is 0 Å². The van der Waals surface area contributed by atoms with E-state index in [0.717, 1.165) is 0 Å². The number of aliphatic hydroxyl groups is 1. The van der Waals surface area contributed by atoms with Gasteiger partial charge in [0.15, 0.2) is 0 Å². The Morgan fingerprint density at radius 2 is 1.92 bits per heavy atom. The van der Waals surface area contributed by atoms with Crippen molar-refractivity contribution in [2.45, 2.75) is 32.5 Å².